The lowest BCUT2D eigenvalue weighted by Crippen LogP contribution is -2.25. The summed E-state index contributed by atoms with van der Waals surface area (Å²) in [6.45, 7) is 0.320. The van der Waals surface area contributed by atoms with E-state index in [-0.39, 0.29) is 10.8 Å². The predicted octanol–water partition coefficient (Wildman–Crippen LogP) is 3.15. The molecule has 0 radical (unpaired) electrons. The number of sulfone groups is 1. The molecule has 0 saturated heterocycles. The molecule has 0 atom stereocenters. The molecule has 168 valence electrons. The number of hydrogen-bond acceptors (Lipinski definition) is 7. The number of para-hydroxylation sites is 1. The molecule has 8 nitrogen and oxygen atoms in total. The molecular formula is C24H22N4O4S. The maximum Gasteiger partial charge on any atom is 0.258 e. The summed E-state index contributed by atoms with van der Waals surface area (Å²) in [6.07, 6.45) is 4.48. The predicted molar refractivity (Wildman–Crippen MR) is 123 cm³/mol. The van der Waals surface area contributed by atoms with Crippen molar-refractivity contribution in [1.82, 2.24) is 20.4 Å². The van der Waals surface area contributed by atoms with Crippen molar-refractivity contribution >= 4 is 26.6 Å². The molecule has 4 aromatic rings. The molecule has 0 aliphatic heterocycles. The Hall–Kier alpha value is -3.59. The number of hydrogen-bond donors (Lipinski definition) is 1. The highest BCUT2D eigenvalue weighted by molar-refractivity contribution is 7.90. The summed E-state index contributed by atoms with van der Waals surface area (Å²) in [5, 5.41) is 7.91. The summed E-state index contributed by atoms with van der Waals surface area (Å²) in [5.41, 5.74) is 4.53. The molecule has 2 heterocycles. The van der Waals surface area contributed by atoms with E-state index in [9.17, 15) is 13.2 Å². The molecule has 2 aromatic carbocycles. The number of nitrogens with one attached hydrogen (secondary N) is 1. The first-order valence-electron chi connectivity index (χ1n) is 10.7. The lowest BCUT2D eigenvalue weighted by atomic mass is 10.0. The molecule has 2 aromatic heterocycles. The highest BCUT2D eigenvalue weighted by Crippen LogP contribution is 2.36. The fourth-order valence-electron chi connectivity index (χ4n) is 4.16. The second-order valence-electron chi connectivity index (χ2n) is 8.10. The largest absolute Gasteiger partial charge is 0.352 e. The first-order chi connectivity index (χ1) is 15.9. The fourth-order valence-corrected chi connectivity index (χ4v) is 4.79. The van der Waals surface area contributed by atoms with Crippen LogP contribution in [-0.2, 0) is 29.1 Å². The van der Waals surface area contributed by atoms with Crippen molar-refractivity contribution in [1.29, 1.82) is 0 Å². The highest BCUT2D eigenvalue weighted by atomic mass is 32.2. The second kappa shape index (κ2) is 8.40. The van der Waals surface area contributed by atoms with Gasteiger partial charge in [-0.2, -0.15) is 4.98 Å². The van der Waals surface area contributed by atoms with Crippen LogP contribution >= 0.6 is 0 Å². The van der Waals surface area contributed by atoms with Crippen LogP contribution in [-0.4, -0.2) is 42.3 Å². The molecule has 0 unspecified atom stereocenters. The number of carbonyl (C=O) groups excluding carboxylic acids is 1. The van der Waals surface area contributed by atoms with Gasteiger partial charge in [-0.3, -0.25) is 9.78 Å². The number of aromatic nitrogens is 3. The van der Waals surface area contributed by atoms with Crippen LogP contribution in [0.5, 0.6) is 0 Å². The number of pyridine rings is 1. The Labute approximate surface area is 191 Å². The average molecular weight is 463 g/mol. The molecule has 1 N–H and O–H groups in total. The van der Waals surface area contributed by atoms with Gasteiger partial charge in [0.2, 0.25) is 0 Å². The van der Waals surface area contributed by atoms with E-state index in [2.05, 4.69) is 15.5 Å². The second-order valence-corrected chi connectivity index (χ2v) is 10.1. The Kier molecular flexibility index (Phi) is 5.41. The summed E-state index contributed by atoms with van der Waals surface area (Å²) >= 11 is 0. The molecule has 1 amide bonds. The summed E-state index contributed by atoms with van der Waals surface area (Å²) in [6, 6.07) is 13.8. The SMILES string of the molecule is CS(=O)(=O)c1ccc(C(=O)NCCc2noc(-c3c4c(nc5ccccc35)CCC4)n2)cc1. The number of rotatable bonds is 6. The zero-order valence-corrected chi connectivity index (χ0v) is 18.9. The smallest absolute Gasteiger partial charge is 0.258 e. The molecule has 5 rings (SSSR count). The van der Waals surface area contributed by atoms with Crippen LogP contribution in [0.25, 0.3) is 22.4 Å². The Morgan fingerprint density at radius 3 is 2.64 bits per heavy atom. The van der Waals surface area contributed by atoms with E-state index >= 15 is 0 Å². The Balaban J connectivity index is 1.29. The van der Waals surface area contributed by atoms with Crippen molar-refractivity contribution in [3.63, 3.8) is 0 Å². The lowest BCUT2D eigenvalue weighted by Gasteiger charge is -2.08. The number of benzene rings is 2. The Bertz CT molecular complexity index is 1460. The van der Waals surface area contributed by atoms with E-state index in [4.69, 9.17) is 9.51 Å². The average Bonchev–Trinajstić information content (AvgIpc) is 3.46. The standard InChI is InChI=1S/C24H22N4O4S/c1-33(30,31)16-11-9-15(10-12-16)23(29)25-14-13-21-27-24(32-28-21)22-17-5-2-3-7-19(17)26-20-8-4-6-18(20)22/h2-3,5,7,9-12H,4,6,8,13-14H2,1H3,(H,25,29). The number of carbonyl (C=O) groups is 1. The van der Waals surface area contributed by atoms with Crippen LogP contribution in [0.3, 0.4) is 0 Å². The van der Waals surface area contributed by atoms with Crippen LogP contribution in [0, 0.1) is 0 Å². The third-order valence-electron chi connectivity index (χ3n) is 5.78. The monoisotopic (exact) mass is 462 g/mol. The number of nitrogens with zero attached hydrogens (tertiary/aromatic N) is 3. The van der Waals surface area contributed by atoms with Gasteiger partial charge >= 0.3 is 0 Å². The first kappa shape index (κ1) is 21.3. The van der Waals surface area contributed by atoms with Crippen molar-refractivity contribution in [2.24, 2.45) is 0 Å². The van der Waals surface area contributed by atoms with Crippen LogP contribution in [0.1, 0.15) is 33.9 Å². The van der Waals surface area contributed by atoms with E-state index in [0.717, 1.165) is 47.7 Å². The zero-order valence-electron chi connectivity index (χ0n) is 18.0. The molecule has 1 aliphatic carbocycles. The van der Waals surface area contributed by atoms with Crippen LogP contribution in [0.4, 0.5) is 0 Å². The normalized spacial score (nSPS) is 13.2. The quantitative estimate of drug-likeness (QED) is 0.468. The minimum atomic E-state index is -3.30. The van der Waals surface area contributed by atoms with Crippen molar-refractivity contribution in [3.05, 3.63) is 71.2 Å². The number of fused-ring (bicyclic) bond motifs is 2. The molecule has 1 aliphatic rings. The first-order valence-corrected chi connectivity index (χ1v) is 12.6. The van der Waals surface area contributed by atoms with Crippen molar-refractivity contribution < 1.29 is 17.7 Å². The number of aryl methyl sites for hydroxylation is 1. The van der Waals surface area contributed by atoms with Gasteiger partial charge < -0.3 is 9.84 Å². The minimum Gasteiger partial charge on any atom is -0.352 e. The van der Waals surface area contributed by atoms with Crippen LogP contribution in [0.15, 0.2) is 57.9 Å². The van der Waals surface area contributed by atoms with E-state index in [1.165, 1.54) is 29.8 Å². The van der Waals surface area contributed by atoms with Gasteiger partial charge in [-0.1, -0.05) is 23.4 Å². The van der Waals surface area contributed by atoms with E-state index in [0.29, 0.717) is 30.2 Å². The molecular weight excluding hydrogens is 440 g/mol. The molecule has 0 fully saturated rings. The van der Waals surface area contributed by atoms with Gasteiger partial charge in [-0.25, -0.2) is 8.42 Å². The van der Waals surface area contributed by atoms with Crippen LogP contribution in [0.2, 0.25) is 0 Å². The maximum atomic E-state index is 12.4. The van der Waals surface area contributed by atoms with E-state index in [1.54, 1.807) is 0 Å². The molecule has 9 heteroatoms. The Morgan fingerprint density at radius 2 is 1.85 bits per heavy atom. The van der Waals surface area contributed by atoms with Gasteiger partial charge in [0.25, 0.3) is 11.8 Å². The third-order valence-corrected chi connectivity index (χ3v) is 6.91. The molecule has 0 bridgehead atoms. The van der Waals surface area contributed by atoms with Gasteiger partial charge in [0.1, 0.15) is 0 Å². The number of amides is 1. The van der Waals surface area contributed by atoms with Gasteiger partial charge in [0, 0.05) is 35.9 Å². The van der Waals surface area contributed by atoms with Crippen molar-refractivity contribution in [3.8, 4) is 11.5 Å². The molecule has 0 saturated carbocycles. The lowest BCUT2D eigenvalue weighted by molar-refractivity contribution is 0.0954. The van der Waals surface area contributed by atoms with Gasteiger partial charge in [0.15, 0.2) is 15.7 Å². The van der Waals surface area contributed by atoms with E-state index in [1.807, 2.05) is 24.3 Å². The fraction of sp³-hybridized carbons (Fsp3) is 0.250. The highest BCUT2D eigenvalue weighted by Gasteiger charge is 2.24. The zero-order chi connectivity index (χ0) is 23.0. The summed E-state index contributed by atoms with van der Waals surface area (Å²) in [4.78, 5) is 21.9. The molecule has 33 heavy (non-hydrogen) atoms. The van der Waals surface area contributed by atoms with Crippen molar-refractivity contribution in [2.45, 2.75) is 30.6 Å². The summed E-state index contributed by atoms with van der Waals surface area (Å²) in [5.74, 6) is 0.687. The molecule has 0 spiro atoms. The third kappa shape index (κ3) is 4.23. The summed E-state index contributed by atoms with van der Waals surface area (Å²) in [7, 11) is -3.30. The maximum absolute atomic E-state index is 12.4. The Morgan fingerprint density at radius 1 is 1.06 bits per heavy atom. The van der Waals surface area contributed by atoms with Crippen LogP contribution < -0.4 is 5.32 Å². The minimum absolute atomic E-state index is 0.175. The van der Waals surface area contributed by atoms with Gasteiger partial charge in [-0.15, -0.1) is 0 Å². The topological polar surface area (TPSA) is 115 Å². The van der Waals surface area contributed by atoms with Gasteiger partial charge in [-0.05, 0) is 55.2 Å². The van der Waals surface area contributed by atoms with E-state index < -0.39 is 9.84 Å². The van der Waals surface area contributed by atoms with Gasteiger partial charge in [0.05, 0.1) is 16.0 Å². The van der Waals surface area contributed by atoms with Crippen molar-refractivity contribution in [2.75, 3.05) is 12.8 Å². The summed E-state index contributed by atoms with van der Waals surface area (Å²) < 4.78 is 28.7.